The van der Waals surface area contributed by atoms with Gasteiger partial charge in [-0.15, -0.1) is 0 Å². The van der Waals surface area contributed by atoms with Crippen LogP contribution in [0.25, 0.3) is 0 Å². The van der Waals surface area contributed by atoms with E-state index in [1.807, 2.05) is 0 Å². The number of carbonyl (C=O) groups excluding carboxylic acids is 1. The molecule has 1 aliphatic rings. The second-order valence-electron chi connectivity index (χ2n) is 4.32. The van der Waals surface area contributed by atoms with E-state index in [2.05, 4.69) is 5.32 Å². The van der Waals surface area contributed by atoms with Crippen LogP contribution < -0.4 is 11.1 Å². The van der Waals surface area contributed by atoms with E-state index in [0.717, 1.165) is 19.4 Å². The van der Waals surface area contributed by atoms with Gasteiger partial charge in [-0.1, -0.05) is 6.07 Å². The lowest BCUT2D eigenvalue weighted by atomic mass is 10.1. The molecule has 18 heavy (non-hydrogen) atoms. The molecule has 1 atom stereocenters. The number of anilines is 2. The van der Waals surface area contributed by atoms with Crippen LogP contribution >= 0.6 is 0 Å². The summed E-state index contributed by atoms with van der Waals surface area (Å²) in [6, 6.07) is 5.39. The summed E-state index contributed by atoms with van der Waals surface area (Å²) in [5.41, 5.74) is 7.56. The van der Waals surface area contributed by atoms with Crippen molar-refractivity contribution in [3.05, 3.63) is 23.8 Å². The van der Waals surface area contributed by atoms with Crippen molar-refractivity contribution in [2.75, 3.05) is 31.4 Å². The first-order chi connectivity index (χ1) is 8.72. The predicted octanol–water partition coefficient (Wildman–Crippen LogP) is 1.65. The van der Waals surface area contributed by atoms with Gasteiger partial charge in [0.2, 0.25) is 0 Å². The number of para-hydroxylation sites is 1. The van der Waals surface area contributed by atoms with Gasteiger partial charge in [0.15, 0.2) is 0 Å². The zero-order valence-electron chi connectivity index (χ0n) is 10.4. The number of ether oxygens (including phenoxy) is 2. The highest BCUT2D eigenvalue weighted by atomic mass is 16.5. The first-order valence-corrected chi connectivity index (χ1v) is 6.03. The molecule has 0 spiro atoms. The molecule has 1 aliphatic heterocycles. The van der Waals surface area contributed by atoms with Gasteiger partial charge in [-0.3, -0.25) is 0 Å². The van der Waals surface area contributed by atoms with Crippen LogP contribution in [0, 0.1) is 0 Å². The van der Waals surface area contributed by atoms with Crippen LogP contribution in [0.2, 0.25) is 0 Å². The second-order valence-corrected chi connectivity index (χ2v) is 4.32. The van der Waals surface area contributed by atoms with E-state index in [4.69, 9.17) is 15.2 Å². The maximum Gasteiger partial charge on any atom is 0.340 e. The zero-order chi connectivity index (χ0) is 13.0. The Labute approximate surface area is 106 Å². The SMILES string of the molecule is COC(=O)c1cccc(N)c1NC1CCCOC1. The van der Waals surface area contributed by atoms with Crippen molar-refractivity contribution < 1.29 is 14.3 Å². The van der Waals surface area contributed by atoms with Gasteiger partial charge < -0.3 is 20.5 Å². The summed E-state index contributed by atoms with van der Waals surface area (Å²) >= 11 is 0. The molecule has 1 aromatic carbocycles. The van der Waals surface area contributed by atoms with E-state index in [0.29, 0.717) is 23.5 Å². The number of nitrogen functional groups attached to an aromatic ring is 1. The minimum Gasteiger partial charge on any atom is -0.465 e. The van der Waals surface area contributed by atoms with Crippen molar-refractivity contribution in [1.29, 1.82) is 0 Å². The lowest BCUT2D eigenvalue weighted by molar-refractivity contribution is 0.0601. The molecule has 3 N–H and O–H groups in total. The van der Waals surface area contributed by atoms with Crippen molar-refractivity contribution in [2.24, 2.45) is 0 Å². The van der Waals surface area contributed by atoms with E-state index in [1.54, 1.807) is 18.2 Å². The maximum atomic E-state index is 11.7. The van der Waals surface area contributed by atoms with Gasteiger partial charge in [0.05, 0.1) is 30.7 Å². The smallest absolute Gasteiger partial charge is 0.340 e. The highest BCUT2D eigenvalue weighted by Crippen LogP contribution is 2.26. The summed E-state index contributed by atoms with van der Waals surface area (Å²) in [5, 5.41) is 3.28. The van der Waals surface area contributed by atoms with Crippen molar-refractivity contribution >= 4 is 17.3 Å². The van der Waals surface area contributed by atoms with Crippen LogP contribution in [0.5, 0.6) is 0 Å². The molecule has 5 nitrogen and oxygen atoms in total. The van der Waals surface area contributed by atoms with Crippen molar-refractivity contribution in [2.45, 2.75) is 18.9 Å². The molecule has 1 aromatic rings. The largest absolute Gasteiger partial charge is 0.465 e. The Morgan fingerprint density at radius 1 is 1.56 bits per heavy atom. The van der Waals surface area contributed by atoms with Crippen molar-refractivity contribution in [1.82, 2.24) is 0 Å². The minimum absolute atomic E-state index is 0.187. The Kier molecular flexibility index (Phi) is 4.04. The molecule has 98 valence electrons. The van der Waals surface area contributed by atoms with Crippen LogP contribution in [-0.4, -0.2) is 32.3 Å². The topological polar surface area (TPSA) is 73.6 Å². The Bertz CT molecular complexity index is 428. The molecule has 0 saturated carbocycles. The Hall–Kier alpha value is -1.75. The number of carbonyl (C=O) groups is 1. The van der Waals surface area contributed by atoms with Gasteiger partial charge >= 0.3 is 5.97 Å². The summed E-state index contributed by atoms with van der Waals surface area (Å²) < 4.78 is 10.2. The third kappa shape index (κ3) is 2.73. The molecule has 0 bridgehead atoms. The summed E-state index contributed by atoms with van der Waals surface area (Å²) in [6.07, 6.45) is 2.02. The zero-order valence-corrected chi connectivity index (χ0v) is 10.4. The fourth-order valence-electron chi connectivity index (χ4n) is 2.07. The fraction of sp³-hybridized carbons (Fsp3) is 0.462. The highest BCUT2D eigenvalue weighted by molar-refractivity contribution is 5.98. The molecule has 0 radical (unpaired) electrons. The predicted molar refractivity (Wildman–Crippen MR) is 69.7 cm³/mol. The number of hydrogen-bond donors (Lipinski definition) is 2. The van der Waals surface area contributed by atoms with Gasteiger partial charge in [-0.05, 0) is 25.0 Å². The number of esters is 1. The van der Waals surface area contributed by atoms with Crippen LogP contribution in [0.1, 0.15) is 23.2 Å². The van der Waals surface area contributed by atoms with Gasteiger partial charge in [0, 0.05) is 12.6 Å². The summed E-state index contributed by atoms with van der Waals surface area (Å²) in [5.74, 6) is -0.387. The summed E-state index contributed by atoms with van der Waals surface area (Å²) in [4.78, 5) is 11.7. The summed E-state index contributed by atoms with van der Waals surface area (Å²) in [7, 11) is 1.36. The summed E-state index contributed by atoms with van der Waals surface area (Å²) in [6.45, 7) is 1.43. The first kappa shape index (κ1) is 12.7. The molecule has 0 amide bonds. The Balaban J connectivity index is 2.21. The van der Waals surface area contributed by atoms with Gasteiger partial charge in [-0.2, -0.15) is 0 Å². The molecule has 1 heterocycles. The molecule has 1 saturated heterocycles. The van der Waals surface area contributed by atoms with Crippen molar-refractivity contribution in [3.63, 3.8) is 0 Å². The van der Waals surface area contributed by atoms with E-state index in [1.165, 1.54) is 7.11 Å². The number of hydrogen-bond acceptors (Lipinski definition) is 5. The fourth-order valence-corrected chi connectivity index (χ4v) is 2.07. The standard InChI is InChI=1S/C13H18N2O3/c1-17-13(16)10-5-2-6-11(14)12(10)15-9-4-3-7-18-8-9/h2,5-6,9,15H,3-4,7-8,14H2,1H3. The monoisotopic (exact) mass is 250 g/mol. The molecule has 0 aromatic heterocycles. The lowest BCUT2D eigenvalue weighted by Crippen LogP contribution is -2.31. The van der Waals surface area contributed by atoms with Crippen LogP contribution in [-0.2, 0) is 9.47 Å². The maximum absolute atomic E-state index is 11.7. The third-order valence-electron chi connectivity index (χ3n) is 3.01. The molecule has 1 fully saturated rings. The number of nitrogens with one attached hydrogen (secondary N) is 1. The normalized spacial score (nSPS) is 19.3. The first-order valence-electron chi connectivity index (χ1n) is 6.03. The van der Waals surface area contributed by atoms with E-state index in [-0.39, 0.29) is 12.0 Å². The van der Waals surface area contributed by atoms with Gasteiger partial charge in [0.25, 0.3) is 0 Å². The molecular weight excluding hydrogens is 232 g/mol. The number of methoxy groups -OCH3 is 1. The van der Waals surface area contributed by atoms with E-state index >= 15 is 0 Å². The molecule has 5 heteroatoms. The highest BCUT2D eigenvalue weighted by Gasteiger charge is 2.19. The average molecular weight is 250 g/mol. The number of benzene rings is 1. The third-order valence-corrected chi connectivity index (χ3v) is 3.01. The van der Waals surface area contributed by atoms with Gasteiger partial charge in [0.1, 0.15) is 0 Å². The van der Waals surface area contributed by atoms with Gasteiger partial charge in [-0.25, -0.2) is 4.79 Å². The Morgan fingerprint density at radius 3 is 3.06 bits per heavy atom. The van der Waals surface area contributed by atoms with Crippen LogP contribution in [0.4, 0.5) is 11.4 Å². The molecule has 1 unspecified atom stereocenters. The van der Waals surface area contributed by atoms with Crippen molar-refractivity contribution in [3.8, 4) is 0 Å². The number of nitrogens with two attached hydrogens (primary N) is 1. The molecule has 2 rings (SSSR count). The van der Waals surface area contributed by atoms with Crippen LogP contribution in [0.3, 0.4) is 0 Å². The molecule has 0 aliphatic carbocycles. The van der Waals surface area contributed by atoms with Crippen LogP contribution in [0.15, 0.2) is 18.2 Å². The van der Waals surface area contributed by atoms with E-state index in [9.17, 15) is 4.79 Å². The average Bonchev–Trinajstić information content (AvgIpc) is 2.41. The number of rotatable bonds is 3. The quantitative estimate of drug-likeness (QED) is 0.630. The van der Waals surface area contributed by atoms with E-state index < -0.39 is 0 Å². The second kappa shape index (κ2) is 5.73. The molecular formula is C13H18N2O3. The Morgan fingerprint density at radius 2 is 2.39 bits per heavy atom. The minimum atomic E-state index is -0.387. The lowest BCUT2D eigenvalue weighted by Gasteiger charge is -2.25.